The smallest absolute Gasteiger partial charge is 0.254 e. The fraction of sp³-hybridized carbons (Fsp3) is 0.778. The summed E-state index contributed by atoms with van der Waals surface area (Å²) in [5.41, 5.74) is -0.133. The van der Waals surface area contributed by atoms with E-state index in [1.54, 1.807) is 18.4 Å². The van der Waals surface area contributed by atoms with Crippen LogP contribution in [-0.2, 0) is 16.1 Å². The van der Waals surface area contributed by atoms with Crippen LogP contribution >= 0.6 is 11.3 Å². The van der Waals surface area contributed by atoms with Crippen molar-refractivity contribution in [3.8, 4) is 0 Å². The first kappa shape index (κ1) is 15.6. The lowest BCUT2D eigenvalue weighted by molar-refractivity contribution is -0.142. The van der Waals surface area contributed by atoms with Gasteiger partial charge >= 0.3 is 0 Å². The van der Waals surface area contributed by atoms with Crippen molar-refractivity contribution in [3.05, 3.63) is 15.9 Å². The molecule has 23 heavy (non-hydrogen) atoms. The van der Waals surface area contributed by atoms with Crippen LogP contribution in [0.5, 0.6) is 0 Å². The zero-order valence-corrected chi connectivity index (χ0v) is 14.9. The second-order valence-electron chi connectivity index (χ2n) is 7.93. The van der Waals surface area contributed by atoms with E-state index in [4.69, 9.17) is 4.74 Å². The highest BCUT2D eigenvalue weighted by atomic mass is 32.1. The summed E-state index contributed by atoms with van der Waals surface area (Å²) in [6.45, 7) is 3.48. The number of carbonyl (C=O) groups is 1. The molecule has 1 aromatic heterocycles. The predicted molar refractivity (Wildman–Crippen MR) is 90.1 cm³/mol. The molecule has 4 bridgehead atoms. The molecule has 0 N–H and O–H groups in total. The Bertz CT molecular complexity index is 638. The number of ether oxygens (including phenoxy) is 1. The highest BCUT2D eigenvalue weighted by Gasteiger charge is 2.54. The van der Waals surface area contributed by atoms with Gasteiger partial charge in [-0.05, 0) is 63.2 Å². The molecular formula is C18H26N2O2S. The van der Waals surface area contributed by atoms with Gasteiger partial charge in [0.25, 0.3) is 5.91 Å². The Balaban J connectivity index is 1.62. The molecule has 1 amide bonds. The molecule has 4 aliphatic carbocycles. The van der Waals surface area contributed by atoms with Crippen LogP contribution in [0.3, 0.4) is 0 Å². The van der Waals surface area contributed by atoms with Crippen LogP contribution in [0.15, 0.2) is 11.2 Å². The average Bonchev–Trinajstić information content (AvgIpc) is 2.83. The van der Waals surface area contributed by atoms with Gasteiger partial charge in [-0.25, -0.2) is 0 Å². The van der Waals surface area contributed by atoms with E-state index in [0.29, 0.717) is 6.61 Å². The Morgan fingerprint density at radius 1 is 1.30 bits per heavy atom. The van der Waals surface area contributed by atoms with Crippen LogP contribution < -0.4 is 4.80 Å². The molecule has 0 unspecified atom stereocenters. The summed E-state index contributed by atoms with van der Waals surface area (Å²) in [6, 6.07) is 0. The maximum absolute atomic E-state index is 13.1. The lowest BCUT2D eigenvalue weighted by Crippen LogP contribution is -2.50. The minimum Gasteiger partial charge on any atom is -0.383 e. The van der Waals surface area contributed by atoms with Crippen LogP contribution in [0.2, 0.25) is 0 Å². The second-order valence-corrected chi connectivity index (χ2v) is 9.14. The molecule has 5 heteroatoms. The number of aromatic nitrogens is 1. The van der Waals surface area contributed by atoms with Crippen molar-refractivity contribution >= 4 is 17.2 Å². The van der Waals surface area contributed by atoms with E-state index in [2.05, 4.69) is 22.7 Å². The first-order chi connectivity index (χ1) is 11.1. The molecule has 4 aliphatic rings. The summed E-state index contributed by atoms with van der Waals surface area (Å²) >= 11 is 1.62. The number of aryl methyl sites for hydroxylation is 1. The number of methoxy groups -OCH3 is 1. The van der Waals surface area contributed by atoms with Crippen molar-refractivity contribution in [2.45, 2.75) is 52.0 Å². The summed E-state index contributed by atoms with van der Waals surface area (Å²) in [7, 11) is 1.71. The van der Waals surface area contributed by atoms with Crippen LogP contribution in [0.1, 0.15) is 43.4 Å². The Kier molecular flexibility index (Phi) is 3.96. The first-order valence-corrected chi connectivity index (χ1v) is 9.64. The lowest BCUT2D eigenvalue weighted by Gasteiger charge is -2.55. The molecule has 0 aromatic carbocycles. The largest absolute Gasteiger partial charge is 0.383 e. The van der Waals surface area contributed by atoms with Gasteiger partial charge in [0.2, 0.25) is 0 Å². The third kappa shape index (κ3) is 2.82. The topological polar surface area (TPSA) is 43.6 Å². The molecule has 0 saturated heterocycles. The number of carbonyl (C=O) groups excluding carboxylic acids is 1. The molecule has 5 rings (SSSR count). The Hall–Kier alpha value is -0.940. The van der Waals surface area contributed by atoms with Gasteiger partial charge in [0.1, 0.15) is 0 Å². The summed E-state index contributed by atoms with van der Waals surface area (Å²) in [6.07, 6.45) is 9.42. The highest BCUT2D eigenvalue weighted by Crippen LogP contribution is 2.60. The van der Waals surface area contributed by atoms with Crippen molar-refractivity contribution < 1.29 is 9.53 Å². The SMILES string of the molecule is COCCn1cc(C)sc1=NC(=O)C12CC3CC(CC(C3)C1)C2. The summed E-state index contributed by atoms with van der Waals surface area (Å²) in [4.78, 5) is 19.7. The monoisotopic (exact) mass is 334 g/mol. The molecular weight excluding hydrogens is 308 g/mol. The first-order valence-electron chi connectivity index (χ1n) is 8.83. The van der Waals surface area contributed by atoms with Gasteiger partial charge in [-0.15, -0.1) is 11.3 Å². The van der Waals surface area contributed by atoms with Crippen molar-refractivity contribution in [2.24, 2.45) is 28.2 Å². The second kappa shape index (κ2) is 5.85. The number of rotatable bonds is 4. The molecule has 1 heterocycles. The number of thiazole rings is 1. The number of nitrogens with zero attached hydrogens (tertiary/aromatic N) is 2. The molecule has 0 atom stereocenters. The average molecular weight is 334 g/mol. The van der Waals surface area contributed by atoms with Crippen molar-refractivity contribution in [3.63, 3.8) is 0 Å². The highest BCUT2D eigenvalue weighted by molar-refractivity contribution is 7.09. The molecule has 4 saturated carbocycles. The zero-order valence-electron chi connectivity index (χ0n) is 14.1. The van der Waals surface area contributed by atoms with Crippen LogP contribution in [0, 0.1) is 30.1 Å². The summed E-state index contributed by atoms with van der Waals surface area (Å²) in [5, 5.41) is 0. The molecule has 0 spiro atoms. The maximum atomic E-state index is 13.1. The van der Waals surface area contributed by atoms with Crippen LogP contribution in [0.4, 0.5) is 0 Å². The van der Waals surface area contributed by atoms with Crippen molar-refractivity contribution in [2.75, 3.05) is 13.7 Å². The molecule has 126 valence electrons. The van der Waals surface area contributed by atoms with E-state index in [-0.39, 0.29) is 11.3 Å². The van der Waals surface area contributed by atoms with Gasteiger partial charge in [0.15, 0.2) is 4.80 Å². The fourth-order valence-corrected chi connectivity index (χ4v) is 6.38. The number of hydrogen-bond acceptors (Lipinski definition) is 3. The standard InChI is InChI=1S/C18H26N2O2S/c1-12-11-20(3-4-22-2)17(23-12)19-16(21)18-8-13-5-14(9-18)7-15(6-13)10-18/h11,13-15H,3-10H2,1-2H3. The van der Waals surface area contributed by atoms with Crippen molar-refractivity contribution in [1.82, 2.24) is 4.57 Å². The molecule has 4 nitrogen and oxygen atoms in total. The summed E-state index contributed by atoms with van der Waals surface area (Å²) < 4.78 is 7.24. The van der Waals surface area contributed by atoms with Gasteiger partial charge < -0.3 is 9.30 Å². The molecule has 4 fully saturated rings. The van der Waals surface area contributed by atoms with E-state index in [1.165, 1.54) is 24.1 Å². The summed E-state index contributed by atoms with van der Waals surface area (Å²) in [5.74, 6) is 2.51. The molecule has 0 aliphatic heterocycles. The minimum absolute atomic E-state index is 0.133. The Morgan fingerprint density at radius 3 is 2.48 bits per heavy atom. The third-order valence-corrected chi connectivity index (χ3v) is 7.00. The quantitative estimate of drug-likeness (QED) is 0.849. The fourth-order valence-electron chi connectivity index (χ4n) is 5.52. The minimum atomic E-state index is -0.133. The normalized spacial score (nSPS) is 35.9. The van der Waals surface area contributed by atoms with E-state index in [1.807, 2.05) is 0 Å². The van der Waals surface area contributed by atoms with Gasteiger partial charge in [0, 0.05) is 24.7 Å². The van der Waals surface area contributed by atoms with E-state index in [0.717, 1.165) is 48.4 Å². The van der Waals surface area contributed by atoms with E-state index in [9.17, 15) is 4.79 Å². The Morgan fingerprint density at radius 2 is 1.91 bits per heavy atom. The van der Waals surface area contributed by atoms with Gasteiger partial charge in [-0.2, -0.15) is 4.99 Å². The number of hydrogen-bond donors (Lipinski definition) is 0. The molecule has 0 radical (unpaired) electrons. The van der Waals surface area contributed by atoms with E-state index < -0.39 is 0 Å². The lowest BCUT2D eigenvalue weighted by atomic mass is 9.49. The van der Waals surface area contributed by atoms with Crippen LogP contribution in [0.25, 0.3) is 0 Å². The van der Waals surface area contributed by atoms with Gasteiger partial charge in [0.05, 0.1) is 12.0 Å². The Labute approximate surface area is 141 Å². The molecule has 1 aromatic rings. The zero-order chi connectivity index (χ0) is 16.0. The van der Waals surface area contributed by atoms with Gasteiger partial charge in [-0.1, -0.05) is 0 Å². The maximum Gasteiger partial charge on any atom is 0.254 e. The van der Waals surface area contributed by atoms with E-state index >= 15 is 0 Å². The predicted octanol–water partition coefficient (Wildman–Crippen LogP) is 3.15. The van der Waals surface area contributed by atoms with Gasteiger partial charge in [-0.3, -0.25) is 4.79 Å². The third-order valence-electron chi connectivity index (χ3n) is 6.06. The van der Waals surface area contributed by atoms with Crippen molar-refractivity contribution in [1.29, 1.82) is 0 Å². The number of amides is 1. The van der Waals surface area contributed by atoms with Crippen LogP contribution in [-0.4, -0.2) is 24.2 Å².